The molecule has 0 fully saturated rings. The molecule has 0 saturated carbocycles. The van der Waals surface area contributed by atoms with Crippen molar-refractivity contribution in [1.29, 1.82) is 0 Å². The van der Waals surface area contributed by atoms with E-state index in [-0.39, 0.29) is 5.96 Å². The minimum Gasteiger partial charge on any atom is -0.497 e. The van der Waals surface area contributed by atoms with E-state index in [1.165, 1.54) is 6.07 Å². The first kappa shape index (κ1) is 19.4. The van der Waals surface area contributed by atoms with Crippen molar-refractivity contribution < 1.29 is 17.9 Å². The quantitative estimate of drug-likeness (QED) is 0.397. The van der Waals surface area contributed by atoms with Gasteiger partial charge in [0.05, 0.1) is 12.7 Å². The highest BCUT2D eigenvalue weighted by atomic mass is 19.4. The highest BCUT2D eigenvalue weighted by molar-refractivity contribution is 5.92. The molecule has 4 N–H and O–H groups in total. The highest BCUT2D eigenvalue weighted by Gasteiger charge is 2.30. The number of hydrogen-bond acceptors (Lipinski definition) is 4. The Kier molecular flexibility index (Phi) is 6.65. The minimum atomic E-state index is -4.38. The Hall–Kier alpha value is -2.97. The van der Waals surface area contributed by atoms with Gasteiger partial charge in [-0.3, -0.25) is 4.99 Å². The Balaban J connectivity index is 1.71. The Bertz CT molecular complexity index is 715. The molecule has 0 atom stereocenters. The van der Waals surface area contributed by atoms with E-state index in [1.54, 1.807) is 19.2 Å². The van der Waals surface area contributed by atoms with Crippen molar-refractivity contribution in [1.82, 2.24) is 4.98 Å². The van der Waals surface area contributed by atoms with Gasteiger partial charge < -0.3 is 21.1 Å². The van der Waals surface area contributed by atoms with E-state index < -0.39 is 11.7 Å². The van der Waals surface area contributed by atoms with Gasteiger partial charge in [-0.15, -0.1) is 0 Å². The van der Waals surface area contributed by atoms with Crippen LogP contribution in [0.25, 0.3) is 0 Å². The largest absolute Gasteiger partial charge is 0.497 e. The second-order valence-electron chi connectivity index (χ2n) is 5.33. The summed E-state index contributed by atoms with van der Waals surface area (Å²) in [5.41, 5.74) is 5.81. The van der Waals surface area contributed by atoms with Gasteiger partial charge in [0.1, 0.15) is 11.6 Å². The second kappa shape index (κ2) is 8.93. The molecule has 9 heteroatoms. The summed E-state index contributed by atoms with van der Waals surface area (Å²) in [6.45, 7) is 0.973. The van der Waals surface area contributed by atoms with Crippen molar-refractivity contribution in [2.75, 3.05) is 30.8 Å². The van der Waals surface area contributed by atoms with Crippen LogP contribution in [-0.4, -0.2) is 31.1 Å². The van der Waals surface area contributed by atoms with Gasteiger partial charge >= 0.3 is 6.18 Å². The fourth-order valence-electron chi connectivity index (χ4n) is 2.02. The molecule has 0 amide bonds. The SMILES string of the molecule is COc1ccc(NC(N)=NCCCNc2ccc(C(F)(F)F)cn2)cc1. The number of alkyl halides is 3. The number of guanidine groups is 1. The zero-order valence-electron chi connectivity index (χ0n) is 14.2. The van der Waals surface area contributed by atoms with E-state index in [9.17, 15) is 13.2 Å². The zero-order chi connectivity index (χ0) is 19.0. The van der Waals surface area contributed by atoms with E-state index in [1.807, 2.05) is 12.1 Å². The molecule has 6 nitrogen and oxygen atoms in total. The van der Waals surface area contributed by atoms with Crippen LogP contribution in [0.1, 0.15) is 12.0 Å². The second-order valence-corrected chi connectivity index (χ2v) is 5.33. The number of methoxy groups -OCH3 is 1. The van der Waals surface area contributed by atoms with Gasteiger partial charge in [0, 0.05) is 25.0 Å². The van der Waals surface area contributed by atoms with E-state index in [2.05, 4.69) is 20.6 Å². The molecule has 140 valence electrons. The average Bonchev–Trinajstić information content (AvgIpc) is 2.62. The first-order valence-corrected chi connectivity index (χ1v) is 7.86. The molecule has 2 rings (SSSR count). The number of benzene rings is 1. The Morgan fingerprint density at radius 1 is 1.19 bits per heavy atom. The van der Waals surface area contributed by atoms with Crippen LogP contribution in [0.3, 0.4) is 0 Å². The molecule has 0 spiro atoms. The van der Waals surface area contributed by atoms with Crippen LogP contribution in [0.4, 0.5) is 24.7 Å². The number of aliphatic imine (C=N–C) groups is 1. The van der Waals surface area contributed by atoms with Gasteiger partial charge in [0.15, 0.2) is 5.96 Å². The highest BCUT2D eigenvalue weighted by Crippen LogP contribution is 2.28. The molecule has 0 radical (unpaired) electrons. The third kappa shape index (κ3) is 6.15. The Morgan fingerprint density at radius 3 is 2.50 bits per heavy atom. The Labute approximate surface area is 149 Å². The molecular formula is C17H20F3N5O. The molecule has 2 aromatic rings. The third-order valence-corrected chi connectivity index (χ3v) is 3.38. The van der Waals surface area contributed by atoms with Crippen LogP contribution in [0, 0.1) is 0 Å². The van der Waals surface area contributed by atoms with Crippen LogP contribution in [0.15, 0.2) is 47.6 Å². The van der Waals surface area contributed by atoms with Gasteiger partial charge in [-0.25, -0.2) is 4.98 Å². The predicted molar refractivity (Wildman–Crippen MR) is 95.5 cm³/mol. The lowest BCUT2D eigenvalue weighted by Crippen LogP contribution is -2.23. The fraction of sp³-hybridized carbons (Fsp3) is 0.294. The topological polar surface area (TPSA) is 84.6 Å². The van der Waals surface area contributed by atoms with Crippen molar-refractivity contribution in [3.63, 3.8) is 0 Å². The number of hydrogen-bond donors (Lipinski definition) is 3. The number of pyridine rings is 1. The maximum absolute atomic E-state index is 12.4. The van der Waals surface area contributed by atoms with Crippen molar-refractivity contribution >= 4 is 17.5 Å². The summed E-state index contributed by atoms with van der Waals surface area (Å²) >= 11 is 0. The summed E-state index contributed by atoms with van der Waals surface area (Å²) in [5.74, 6) is 1.41. The fourth-order valence-corrected chi connectivity index (χ4v) is 2.02. The average molecular weight is 367 g/mol. The number of anilines is 2. The van der Waals surface area contributed by atoms with Gasteiger partial charge in [0.2, 0.25) is 0 Å². The van der Waals surface area contributed by atoms with E-state index in [0.29, 0.717) is 25.3 Å². The smallest absolute Gasteiger partial charge is 0.417 e. The molecule has 1 aromatic heterocycles. The molecule has 26 heavy (non-hydrogen) atoms. The van der Waals surface area contributed by atoms with E-state index in [4.69, 9.17) is 10.5 Å². The van der Waals surface area contributed by atoms with Gasteiger partial charge in [0.25, 0.3) is 0 Å². The maximum Gasteiger partial charge on any atom is 0.417 e. The lowest BCUT2D eigenvalue weighted by molar-refractivity contribution is -0.137. The molecular weight excluding hydrogens is 347 g/mol. The number of halogens is 3. The van der Waals surface area contributed by atoms with Gasteiger partial charge in [-0.05, 0) is 42.8 Å². The number of nitrogens with zero attached hydrogens (tertiary/aromatic N) is 2. The van der Waals surface area contributed by atoms with Crippen LogP contribution < -0.4 is 21.1 Å². The molecule has 0 aliphatic carbocycles. The predicted octanol–water partition coefficient (Wildman–Crippen LogP) is 3.34. The van der Waals surface area contributed by atoms with Crippen molar-refractivity contribution in [2.45, 2.75) is 12.6 Å². The normalized spacial score (nSPS) is 11.9. The van der Waals surface area contributed by atoms with Crippen molar-refractivity contribution in [2.24, 2.45) is 10.7 Å². The standard InChI is InChI=1S/C17H20F3N5O/c1-26-14-6-4-13(5-7-14)25-16(21)23-10-2-9-22-15-8-3-12(11-24-15)17(18,19)20/h3-8,11H,2,9-10H2,1H3,(H,22,24)(H3,21,23,25). The molecule has 0 bridgehead atoms. The molecule has 0 unspecified atom stereocenters. The summed E-state index contributed by atoms with van der Waals surface area (Å²) in [6.07, 6.45) is -2.93. The van der Waals surface area contributed by atoms with Crippen LogP contribution in [-0.2, 0) is 6.18 Å². The van der Waals surface area contributed by atoms with Crippen molar-refractivity contribution in [3.8, 4) is 5.75 Å². The molecule has 0 saturated heterocycles. The molecule has 0 aliphatic heterocycles. The first-order valence-electron chi connectivity index (χ1n) is 7.86. The molecule has 1 aromatic carbocycles. The molecule has 1 heterocycles. The summed E-state index contributed by atoms with van der Waals surface area (Å²) in [5, 5.41) is 5.89. The zero-order valence-corrected chi connectivity index (χ0v) is 14.2. The number of aromatic nitrogens is 1. The molecule has 0 aliphatic rings. The lowest BCUT2D eigenvalue weighted by Gasteiger charge is -2.08. The summed E-state index contributed by atoms with van der Waals surface area (Å²) < 4.78 is 42.4. The monoisotopic (exact) mass is 367 g/mol. The Morgan fingerprint density at radius 2 is 1.92 bits per heavy atom. The third-order valence-electron chi connectivity index (χ3n) is 3.38. The van der Waals surface area contributed by atoms with E-state index in [0.717, 1.165) is 23.7 Å². The first-order chi connectivity index (χ1) is 12.4. The number of ether oxygens (including phenoxy) is 1. The summed E-state index contributed by atoms with van der Waals surface area (Å²) in [7, 11) is 1.59. The van der Waals surface area contributed by atoms with Gasteiger partial charge in [-0.1, -0.05) is 0 Å². The summed E-state index contributed by atoms with van der Waals surface area (Å²) in [6, 6.07) is 9.53. The van der Waals surface area contributed by atoms with Crippen LogP contribution >= 0.6 is 0 Å². The maximum atomic E-state index is 12.4. The van der Waals surface area contributed by atoms with E-state index >= 15 is 0 Å². The number of rotatable bonds is 7. The van der Waals surface area contributed by atoms with Crippen molar-refractivity contribution in [3.05, 3.63) is 48.2 Å². The minimum absolute atomic E-state index is 0.280. The van der Waals surface area contributed by atoms with Crippen LogP contribution in [0.2, 0.25) is 0 Å². The van der Waals surface area contributed by atoms with Crippen LogP contribution in [0.5, 0.6) is 5.75 Å². The number of nitrogens with two attached hydrogens (primary N) is 1. The lowest BCUT2D eigenvalue weighted by atomic mass is 10.3. The van der Waals surface area contributed by atoms with Gasteiger partial charge in [-0.2, -0.15) is 13.2 Å². The number of nitrogens with one attached hydrogen (secondary N) is 2. The summed E-state index contributed by atoms with van der Waals surface area (Å²) in [4.78, 5) is 7.92.